The molecule has 0 aromatic heterocycles. The Kier molecular flexibility index (Phi) is 4.68. The molecule has 0 spiro atoms. The quantitative estimate of drug-likeness (QED) is 0.869. The van der Waals surface area contributed by atoms with Crippen molar-refractivity contribution in [3.05, 3.63) is 29.6 Å². The van der Waals surface area contributed by atoms with Crippen LogP contribution in [0.2, 0.25) is 0 Å². The molecule has 1 aromatic carbocycles. The lowest BCUT2D eigenvalue weighted by Crippen LogP contribution is -2.17. The molecule has 1 atom stereocenters. The number of carboxylic acid groups (broad SMARTS) is 1. The van der Waals surface area contributed by atoms with Crippen LogP contribution < -0.4 is 5.32 Å². The van der Waals surface area contributed by atoms with Gasteiger partial charge in [-0.15, -0.1) is 0 Å². The third-order valence-corrected chi connectivity index (χ3v) is 3.20. The normalized spacial score (nSPS) is 17.9. The molecule has 2 rings (SSSR count). The average Bonchev–Trinajstić information content (AvgIpc) is 2.91. The van der Waals surface area contributed by atoms with Crippen molar-refractivity contribution in [2.45, 2.75) is 31.8 Å². The van der Waals surface area contributed by atoms with Crippen LogP contribution in [-0.2, 0) is 9.53 Å². The van der Waals surface area contributed by atoms with Crippen molar-refractivity contribution >= 4 is 17.6 Å². The monoisotopic (exact) mass is 281 g/mol. The molecule has 1 heterocycles. The van der Waals surface area contributed by atoms with Crippen LogP contribution >= 0.6 is 0 Å². The molecule has 1 amide bonds. The summed E-state index contributed by atoms with van der Waals surface area (Å²) in [6, 6.07) is 3.25. The number of aromatic carboxylic acids is 1. The first kappa shape index (κ1) is 14.5. The zero-order valence-corrected chi connectivity index (χ0v) is 10.9. The van der Waals surface area contributed by atoms with E-state index in [1.54, 1.807) is 0 Å². The molecule has 0 aliphatic carbocycles. The highest BCUT2D eigenvalue weighted by Crippen LogP contribution is 2.19. The van der Waals surface area contributed by atoms with E-state index in [2.05, 4.69) is 5.32 Å². The minimum atomic E-state index is -1.28. The maximum absolute atomic E-state index is 13.0. The summed E-state index contributed by atoms with van der Waals surface area (Å²) >= 11 is 0. The minimum Gasteiger partial charge on any atom is -0.478 e. The van der Waals surface area contributed by atoms with Gasteiger partial charge in [0.2, 0.25) is 5.91 Å². The molecule has 5 nitrogen and oxygen atoms in total. The van der Waals surface area contributed by atoms with Gasteiger partial charge in [-0.25, -0.2) is 9.18 Å². The fraction of sp³-hybridized carbons (Fsp3) is 0.429. The van der Waals surface area contributed by atoms with Crippen molar-refractivity contribution < 1.29 is 23.8 Å². The summed E-state index contributed by atoms with van der Waals surface area (Å²) in [5, 5.41) is 11.5. The number of amides is 1. The fourth-order valence-corrected chi connectivity index (χ4v) is 2.18. The number of carbonyl (C=O) groups excluding carboxylic acids is 1. The Bertz CT molecular complexity index is 512. The Morgan fingerprint density at radius 1 is 1.45 bits per heavy atom. The number of ether oxygens (including phenoxy) is 1. The van der Waals surface area contributed by atoms with Crippen molar-refractivity contribution in [2.24, 2.45) is 0 Å². The number of rotatable bonds is 5. The average molecular weight is 281 g/mol. The van der Waals surface area contributed by atoms with Crippen molar-refractivity contribution in [3.8, 4) is 0 Å². The zero-order valence-electron chi connectivity index (χ0n) is 10.9. The van der Waals surface area contributed by atoms with E-state index in [0.717, 1.165) is 31.6 Å². The van der Waals surface area contributed by atoms with Gasteiger partial charge in [-0.3, -0.25) is 4.79 Å². The maximum Gasteiger partial charge on any atom is 0.337 e. The van der Waals surface area contributed by atoms with E-state index in [4.69, 9.17) is 9.84 Å². The molecule has 108 valence electrons. The Balaban J connectivity index is 1.94. The first-order valence-corrected chi connectivity index (χ1v) is 6.50. The molecule has 6 heteroatoms. The van der Waals surface area contributed by atoms with E-state index in [1.807, 2.05) is 0 Å². The molecule has 0 bridgehead atoms. The van der Waals surface area contributed by atoms with Gasteiger partial charge < -0.3 is 15.2 Å². The van der Waals surface area contributed by atoms with E-state index < -0.39 is 11.8 Å². The van der Waals surface area contributed by atoms with Crippen molar-refractivity contribution in [2.75, 3.05) is 11.9 Å². The molecule has 1 unspecified atom stereocenters. The summed E-state index contributed by atoms with van der Waals surface area (Å²) in [5.41, 5.74) is -0.147. The molecule has 1 aromatic rings. The molecule has 0 radical (unpaired) electrons. The summed E-state index contributed by atoms with van der Waals surface area (Å²) in [7, 11) is 0. The Labute approximate surface area is 115 Å². The largest absolute Gasteiger partial charge is 0.478 e. The molecule has 1 fully saturated rings. The number of hydrogen-bond donors (Lipinski definition) is 2. The lowest BCUT2D eigenvalue weighted by Gasteiger charge is -2.11. The predicted octanol–water partition coefficient (Wildman–Crippen LogP) is 2.42. The van der Waals surface area contributed by atoms with Crippen LogP contribution in [0.15, 0.2) is 18.2 Å². The van der Waals surface area contributed by atoms with E-state index >= 15 is 0 Å². The standard InChI is InChI=1S/C14H16FNO4/c15-9-3-5-12(11(8-9)14(18)19)16-13(17)6-4-10-2-1-7-20-10/h3,5,8,10H,1-2,4,6-7H2,(H,16,17)(H,18,19). The second-order valence-corrected chi connectivity index (χ2v) is 4.72. The molecule has 0 saturated carbocycles. The maximum atomic E-state index is 13.0. The van der Waals surface area contributed by atoms with Crippen LogP contribution in [-0.4, -0.2) is 29.7 Å². The van der Waals surface area contributed by atoms with Crippen LogP contribution in [0, 0.1) is 5.82 Å². The number of carbonyl (C=O) groups is 2. The fourth-order valence-electron chi connectivity index (χ4n) is 2.18. The Morgan fingerprint density at radius 2 is 2.25 bits per heavy atom. The Hall–Kier alpha value is -1.95. The number of halogens is 1. The number of anilines is 1. The highest BCUT2D eigenvalue weighted by atomic mass is 19.1. The molecular formula is C14H16FNO4. The number of nitrogens with one attached hydrogen (secondary N) is 1. The van der Waals surface area contributed by atoms with Gasteiger partial charge in [0.1, 0.15) is 5.82 Å². The van der Waals surface area contributed by atoms with Crippen molar-refractivity contribution in [1.29, 1.82) is 0 Å². The van der Waals surface area contributed by atoms with Gasteiger partial charge >= 0.3 is 5.97 Å². The number of benzene rings is 1. The zero-order chi connectivity index (χ0) is 14.5. The molecule has 20 heavy (non-hydrogen) atoms. The van der Waals surface area contributed by atoms with Gasteiger partial charge in [-0.2, -0.15) is 0 Å². The third-order valence-electron chi connectivity index (χ3n) is 3.20. The molecule has 1 aliphatic rings. The van der Waals surface area contributed by atoms with Crippen LogP contribution in [0.4, 0.5) is 10.1 Å². The highest BCUT2D eigenvalue weighted by Gasteiger charge is 2.18. The number of carboxylic acids is 1. The van der Waals surface area contributed by atoms with Crippen LogP contribution in [0.3, 0.4) is 0 Å². The summed E-state index contributed by atoms with van der Waals surface area (Å²) < 4.78 is 18.4. The molecule has 2 N–H and O–H groups in total. The van der Waals surface area contributed by atoms with E-state index in [-0.39, 0.29) is 29.7 Å². The van der Waals surface area contributed by atoms with Crippen LogP contribution in [0.5, 0.6) is 0 Å². The first-order valence-electron chi connectivity index (χ1n) is 6.50. The lowest BCUT2D eigenvalue weighted by atomic mass is 10.1. The van der Waals surface area contributed by atoms with E-state index in [1.165, 1.54) is 6.07 Å². The summed E-state index contributed by atoms with van der Waals surface area (Å²) in [4.78, 5) is 22.8. The third kappa shape index (κ3) is 3.77. The smallest absolute Gasteiger partial charge is 0.337 e. The van der Waals surface area contributed by atoms with Gasteiger partial charge in [-0.05, 0) is 37.5 Å². The van der Waals surface area contributed by atoms with Gasteiger partial charge in [0, 0.05) is 13.0 Å². The van der Waals surface area contributed by atoms with Gasteiger partial charge in [0.15, 0.2) is 0 Å². The minimum absolute atomic E-state index is 0.105. The van der Waals surface area contributed by atoms with E-state index in [9.17, 15) is 14.0 Å². The van der Waals surface area contributed by atoms with Gasteiger partial charge in [0.25, 0.3) is 0 Å². The molecular weight excluding hydrogens is 265 g/mol. The van der Waals surface area contributed by atoms with Crippen molar-refractivity contribution in [3.63, 3.8) is 0 Å². The molecule has 1 aliphatic heterocycles. The summed E-state index contributed by atoms with van der Waals surface area (Å²) in [6.07, 6.45) is 2.92. The van der Waals surface area contributed by atoms with Gasteiger partial charge in [-0.1, -0.05) is 0 Å². The first-order chi connectivity index (χ1) is 9.56. The lowest BCUT2D eigenvalue weighted by molar-refractivity contribution is -0.116. The predicted molar refractivity (Wildman–Crippen MR) is 70.2 cm³/mol. The second kappa shape index (κ2) is 6.47. The highest BCUT2D eigenvalue weighted by molar-refractivity contribution is 6.00. The second-order valence-electron chi connectivity index (χ2n) is 4.72. The summed E-state index contributed by atoms with van der Waals surface area (Å²) in [6.45, 7) is 0.730. The summed E-state index contributed by atoms with van der Waals surface area (Å²) in [5.74, 6) is -2.23. The number of hydrogen-bond acceptors (Lipinski definition) is 3. The van der Waals surface area contributed by atoms with E-state index in [0.29, 0.717) is 6.42 Å². The topological polar surface area (TPSA) is 75.6 Å². The van der Waals surface area contributed by atoms with Crippen molar-refractivity contribution in [1.82, 2.24) is 0 Å². The van der Waals surface area contributed by atoms with Gasteiger partial charge in [0.05, 0.1) is 17.4 Å². The van der Waals surface area contributed by atoms with Crippen LogP contribution in [0.25, 0.3) is 0 Å². The Morgan fingerprint density at radius 3 is 2.90 bits per heavy atom. The SMILES string of the molecule is O=C(CCC1CCCO1)Nc1ccc(F)cc1C(=O)O. The van der Waals surface area contributed by atoms with Crippen LogP contribution in [0.1, 0.15) is 36.0 Å². The molecule has 1 saturated heterocycles.